The number of ether oxygens (including phenoxy) is 1. The summed E-state index contributed by atoms with van der Waals surface area (Å²) in [4.78, 5) is 21.6. The number of hydrogen-bond acceptors (Lipinski definition) is 4. The number of aromatic nitrogens is 2. The van der Waals surface area contributed by atoms with Crippen LogP contribution in [0.4, 0.5) is 4.79 Å². The fraction of sp³-hybridized carbons (Fsp3) is 0.286. The predicted molar refractivity (Wildman–Crippen MR) is 46.8 cm³/mol. The summed E-state index contributed by atoms with van der Waals surface area (Å²) < 4.78 is 6.26. The van der Waals surface area contributed by atoms with Gasteiger partial charge in [0.2, 0.25) is 5.88 Å². The van der Waals surface area contributed by atoms with E-state index in [0.717, 1.165) is 0 Å². The highest BCUT2D eigenvalue weighted by Crippen LogP contribution is 2.10. The third kappa shape index (κ3) is 2.00. The molecule has 3 N–H and O–H groups in total. The molecule has 14 heavy (non-hydrogen) atoms. The molecule has 0 bridgehead atoms. The van der Waals surface area contributed by atoms with Crippen molar-refractivity contribution >= 4 is 11.9 Å². The van der Waals surface area contributed by atoms with Gasteiger partial charge in [-0.05, 0) is 0 Å². The standard InChI is InChI=1S/C7H10N4O3/c1-11-5(14-2)3-4(10-11)6(12)9-7(8)13/h3H,1-2H3,(H3,8,9,12,13). The van der Waals surface area contributed by atoms with Gasteiger partial charge in [-0.3, -0.25) is 10.1 Å². The summed E-state index contributed by atoms with van der Waals surface area (Å²) in [5.74, 6) is -0.240. The van der Waals surface area contributed by atoms with Crippen molar-refractivity contribution in [3.8, 4) is 5.88 Å². The summed E-state index contributed by atoms with van der Waals surface area (Å²) in [6, 6.07) is 0.484. The summed E-state index contributed by atoms with van der Waals surface area (Å²) in [5, 5.41) is 5.70. The average Bonchev–Trinajstić information content (AvgIpc) is 2.45. The number of aryl methyl sites for hydroxylation is 1. The lowest BCUT2D eigenvalue weighted by Gasteiger charge is -1.95. The number of methoxy groups -OCH3 is 1. The van der Waals surface area contributed by atoms with Crippen LogP contribution in [0.1, 0.15) is 10.5 Å². The molecular weight excluding hydrogens is 188 g/mol. The van der Waals surface area contributed by atoms with Crippen molar-refractivity contribution in [2.75, 3.05) is 7.11 Å². The minimum Gasteiger partial charge on any atom is -0.481 e. The van der Waals surface area contributed by atoms with Gasteiger partial charge in [0.25, 0.3) is 5.91 Å². The van der Waals surface area contributed by atoms with Crippen LogP contribution in [0.25, 0.3) is 0 Å². The van der Waals surface area contributed by atoms with Crippen molar-refractivity contribution in [2.45, 2.75) is 0 Å². The van der Waals surface area contributed by atoms with E-state index in [4.69, 9.17) is 10.5 Å². The number of hydrogen-bond donors (Lipinski definition) is 2. The van der Waals surface area contributed by atoms with Crippen molar-refractivity contribution < 1.29 is 14.3 Å². The van der Waals surface area contributed by atoms with E-state index < -0.39 is 11.9 Å². The zero-order chi connectivity index (χ0) is 10.7. The van der Waals surface area contributed by atoms with Crippen LogP contribution in [0, 0.1) is 0 Å². The van der Waals surface area contributed by atoms with Crippen LogP contribution in [-0.2, 0) is 7.05 Å². The molecular formula is C7H10N4O3. The first-order valence-corrected chi connectivity index (χ1v) is 3.73. The van der Waals surface area contributed by atoms with Crippen LogP contribution in [0.3, 0.4) is 0 Å². The monoisotopic (exact) mass is 198 g/mol. The second kappa shape index (κ2) is 3.77. The van der Waals surface area contributed by atoms with Gasteiger partial charge >= 0.3 is 6.03 Å². The number of nitrogens with zero attached hydrogens (tertiary/aromatic N) is 2. The number of primary amides is 1. The van der Waals surface area contributed by atoms with E-state index in [9.17, 15) is 9.59 Å². The van der Waals surface area contributed by atoms with E-state index in [-0.39, 0.29) is 5.69 Å². The van der Waals surface area contributed by atoms with Gasteiger partial charge in [0.05, 0.1) is 7.11 Å². The Morgan fingerprint density at radius 3 is 2.71 bits per heavy atom. The van der Waals surface area contributed by atoms with Gasteiger partial charge < -0.3 is 10.5 Å². The molecule has 1 aromatic heterocycles. The Labute approximate surface area is 79.8 Å². The van der Waals surface area contributed by atoms with Crippen molar-refractivity contribution in [2.24, 2.45) is 12.8 Å². The Morgan fingerprint density at radius 1 is 1.64 bits per heavy atom. The third-order valence-corrected chi connectivity index (χ3v) is 1.52. The molecule has 0 unspecified atom stereocenters. The van der Waals surface area contributed by atoms with Gasteiger partial charge in [-0.1, -0.05) is 0 Å². The molecule has 76 valence electrons. The summed E-state index contributed by atoms with van der Waals surface area (Å²) in [7, 11) is 3.06. The van der Waals surface area contributed by atoms with Gasteiger partial charge in [-0.2, -0.15) is 5.10 Å². The molecule has 0 aliphatic rings. The highest BCUT2D eigenvalue weighted by Gasteiger charge is 2.13. The number of amides is 3. The SMILES string of the molecule is COc1cc(C(=O)NC(N)=O)nn1C. The largest absolute Gasteiger partial charge is 0.481 e. The Morgan fingerprint density at radius 2 is 2.29 bits per heavy atom. The van der Waals surface area contributed by atoms with Crippen LogP contribution in [0.5, 0.6) is 5.88 Å². The van der Waals surface area contributed by atoms with Gasteiger partial charge in [0, 0.05) is 13.1 Å². The lowest BCUT2D eigenvalue weighted by molar-refractivity contribution is 0.0960. The molecule has 0 aliphatic carbocycles. The lowest BCUT2D eigenvalue weighted by atomic mass is 10.4. The average molecular weight is 198 g/mol. The summed E-state index contributed by atoms with van der Waals surface area (Å²) >= 11 is 0. The van der Waals surface area contributed by atoms with E-state index in [1.54, 1.807) is 7.05 Å². The molecule has 0 atom stereocenters. The van der Waals surface area contributed by atoms with Crippen LogP contribution < -0.4 is 15.8 Å². The van der Waals surface area contributed by atoms with E-state index >= 15 is 0 Å². The molecule has 0 aromatic carbocycles. The van der Waals surface area contributed by atoms with Crippen molar-refractivity contribution in [3.63, 3.8) is 0 Å². The number of nitrogens with one attached hydrogen (secondary N) is 1. The smallest absolute Gasteiger partial charge is 0.319 e. The molecule has 0 aliphatic heterocycles. The molecule has 7 heteroatoms. The second-order valence-corrected chi connectivity index (χ2v) is 2.51. The van der Waals surface area contributed by atoms with Gasteiger partial charge in [0.15, 0.2) is 5.69 Å². The Bertz CT molecular complexity index is 371. The maximum atomic E-state index is 11.2. The normalized spacial score (nSPS) is 9.57. The number of rotatable bonds is 2. The van der Waals surface area contributed by atoms with Crippen LogP contribution in [0.2, 0.25) is 0 Å². The zero-order valence-corrected chi connectivity index (χ0v) is 7.77. The van der Waals surface area contributed by atoms with E-state index in [1.165, 1.54) is 17.9 Å². The molecule has 3 amide bonds. The predicted octanol–water partition coefficient (Wildman–Crippen LogP) is -0.763. The Balaban J connectivity index is 2.85. The van der Waals surface area contributed by atoms with E-state index in [2.05, 4.69) is 5.10 Å². The molecule has 0 radical (unpaired) electrons. The van der Waals surface area contributed by atoms with Crippen LogP contribution in [-0.4, -0.2) is 28.8 Å². The summed E-state index contributed by atoms with van der Waals surface area (Å²) in [6.07, 6.45) is 0. The molecule has 1 heterocycles. The highest BCUT2D eigenvalue weighted by atomic mass is 16.5. The molecule has 1 aromatic rings. The highest BCUT2D eigenvalue weighted by molar-refractivity contribution is 6.02. The summed E-state index contributed by atoms with van der Waals surface area (Å²) in [6.45, 7) is 0. The van der Waals surface area contributed by atoms with Crippen molar-refractivity contribution in [1.82, 2.24) is 15.1 Å². The molecule has 0 fully saturated rings. The van der Waals surface area contributed by atoms with Gasteiger partial charge in [-0.15, -0.1) is 0 Å². The molecule has 7 nitrogen and oxygen atoms in total. The first-order valence-electron chi connectivity index (χ1n) is 3.73. The van der Waals surface area contributed by atoms with E-state index in [0.29, 0.717) is 5.88 Å². The number of carbonyl (C=O) groups is 2. The first kappa shape index (κ1) is 10.0. The Kier molecular flexibility index (Phi) is 2.70. The minimum absolute atomic E-state index is 0.0724. The lowest BCUT2D eigenvalue weighted by Crippen LogP contribution is -2.35. The number of urea groups is 1. The van der Waals surface area contributed by atoms with Crippen molar-refractivity contribution in [3.05, 3.63) is 11.8 Å². The number of imide groups is 1. The molecule has 0 saturated heterocycles. The van der Waals surface area contributed by atoms with Gasteiger partial charge in [0.1, 0.15) is 0 Å². The number of nitrogens with two attached hydrogens (primary N) is 1. The molecule has 0 spiro atoms. The van der Waals surface area contributed by atoms with Crippen LogP contribution >= 0.6 is 0 Å². The van der Waals surface area contributed by atoms with Crippen LogP contribution in [0.15, 0.2) is 6.07 Å². The minimum atomic E-state index is -0.917. The molecule has 0 saturated carbocycles. The topological polar surface area (TPSA) is 99.2 Å². The maximum absolute atomic E-state index is 11.2. The second-order valence-electron chi connectivity index (χ2n) is 2.51. The fourth-order valence-corrected chi connectivity index (χ4v) is 0.928. The quantitative estimate of drug-likeness (QED) is 0.652. The fourth-order valence-electron chi connectivity index (χ4n) is 0.928. The Hall–Kier alpha value is -2.05. The van der Waals surface area contributed by atoms with Gasteiger partial charge in [-0.25, -0.2) is 9.48 Å². The zero-order valence-electron chi connectivity index (χ0n) is 7.77. The first-order chi connectivity index (χ1) is 6.54. The maximum Gasteiger partial charge on any atom is 0.319 e. The number of carbonyl (C=O) groups excluding carboxylic acids is 2. The molecule has 1 rings (SSSR count). The summed E-state index contributed by atoms with van der Waals surface area (Å²) in [5.41, 5.74) is 4.84. The van der Waals surface area contributed by atoms with E-state index in [1.807, 2.05) is 5.32 Å². The third-order valence-electron chi connectivity index (χ3n) is 1.52. The van der Waals surface area contributed by atoms with Crippen molar-refractivity contribution in [1.29, 1.82) is 0 Å².